The van der Waals surface area contributed by atoms with Crippen LogP contribution >= 0.6 is 0 Å². The maximum atomic E-state index is 15.2. The van der Waals surface area contributed by atoms with Crippen LogP contribution in [0, 0.1) is 11.6 Å². The highest BCUT2D eigenvalue weighted by molar-refractivity contribution is 6.24. The third-order valence-corrected chi connectivity index (χ3v) is 8.69. The molecule has 2 aromatic carbocycles. The number of nitrogens with one attached hydrogen (secondary N) is 1. The topological polar surface area (TPSA) is 117 Å². The molecular weight excluding hydrogens is 674 g/mol. The quantitative estimate of drug-likeness (QED) is 0.235. The highest BCUT2D eigenvalue weighted by Gasteiger charge is 2.55. The first kappa shape index (κ1) is 34.0. The van der Waals surface area contributed by atoms with Crippen LogP contribution < -0.4 is 10.1 Å². The molecule has 1 saturated carbocycles. The van der Waals surface area contributed by atoms with Gasteiger partial charge < -0.3 is 19.9 Å². The highest BCUT2D eigenvalue weighted by Crippen LogP contribution is 2.47. The number of nitrogens with zero attached hydrogens (tertiary/aromatic N) is 4. The number of carbonyl (C=O) groups excluding carboxylic acids is 2. The van der Waals surface area contributed by atoms with E-state index in [1.54, 1.807) is 0 Å². The van der Waals surface area contributed by atoms with Crippen LogP contribution in [0.1, 0.15) is 36.1 Å². The number of ether oxygens (including phenoxy) is 2. The van der Waals surface area contributed by atoms with Crippen LogP contribution in [0.2, 0.25) is 0 Å². The summed E-state index contributed by atoms with van der Waals surface area (Å²) in [5, 5.41) is 15.7. The van der Waals surface area contributed by atoms with Crippen molar-refractivity contribution >= 4 is 17.5 Å². The Morgan fingerprint density at radius 1 is 1.04 bits per heavy atom. The van der Waals surface area contributed by atoms with Gasteiger partial charge in [0.15, 0.2) is 11.6 Å². The Balaban J connectivity index is 1.35. The Hall–Kier alpha value is -4.84. The van der Waals surface area contributed by atoms with Gasteiger partial charge in [0.1, 0.15) is 29.5 Å². The maximum Gasteiger partial charge on any atom is 0.433 e. The number of carbonyl (C=O) groups is 2. The van der Waals surface area contributed by atoms with Crippen molar-refractivity contribution in [3.8, 4) is 17.0 Å². The average Bonchev–Trinajstić information content (AvgIpc) is 2.98. The zero-order valence-electron chi connectivity index (χ0n) is 25.3. The standard InChI is InChI=1S/C31H25F8N5O5/c1-43-29(7-2-8-29)26(45)23(28(47)44(43)11-15-3-6-21(25(33)24(15)32)49-17-12-48-13-17)27(46)42-19-5-4-16(30(34,35)36)9-18(19)20-10-22(31(37,38)39)41-14-40-20/h3-6,9-10,14,17,45H,2,7-8,11-13H2,1H3,(H,42,46). The van der Waals surface area contributed by atoms with E-state index in [0.29, 0.717) is 30.9 Å². The summed E-state index contributed by atoms with van der Waals surface area (Å²) in [6.45, 7) is -0.218. The van der Waals surface area contributed by atoms with E-state index in [-0.39, 0.29) is 37.4 Å². The molecule has 2 N–H and O–H groups in total. The molecule has 0 unspecified atom stereocenters. The number of aliphatic hydroxyl groups is 1. The van der Waals surface area contributed by atoms with Crippen LogP contribution in [-0.4, -0.2) is 68.8 Å². The number of likely N-dealkylation sites (N-methyl/N-ethyl adjacent to an activating group) is 1. The van der Waals surface area contributed by atoms with E-state index in [0.717, 1.165) is 11.1 Å². The van der Waals surface area contributed by atoms with Gasteiger partial charge >= 0.3 is 12.4 Å². The van der Waals surface area contributed by atoms with Crippen LogP contribution in [-0.2, 0) is 33.2 Å². The van der Waals surface area contributed by atoms with Crippen molar-refractivity contribution in [1.29, 1.82) is 0 Å². The molecule has 2 fully saturated rings. The second kappa shape index (κ2) is 12.2. The fourth-order valence-corrected chi connectivity index (χ4v) is 5.73. The lowest BCUT2D eigenvalue weighted by Gasteiger charge is -2.54. The van der Waals surface area contributed by atoms with Crippen molar-refractivity contribution in [3.05, 3.63) is 82.5 Å². The fraction of sp³-hybridized carbons (Fsp3) is 0.355. The van der Waals surface area contributed by atoms with Gasteiger partial charge in [-0.25, -0.2) is 19.4 Å². The molecule has 1 saturated heterocycles. The number of aromatic nitrogens is 2. The highest BCUT2D eigenvalue weighted by atomic mass is 19.4. The Morgan fingerprint density at radius 2 is 1.76 bits per heavy atom. The number of amides is 2. The molecule has 18 heteroatoms. The molecule has 2 amide bonds. The number of hydrogen-bond donors (Lipinski definition) is 2. The van der Waals surface area contributed by atoms with E-state index in [9.17, 15) is 45.4 Å². The second-order valence-electron chi connectivity index (χ2n) is 11.6. The van der Waals surface area contributed by atoms with Gasteiger partial charge in [-0.1, -0.05) is 6.07 Å². The molecule has 1 spiro atoms. The number of alkyl halides is 6. The van der Waals surface area contributed by atoms with Gasteiger partial charge in [0.05, 0.1) is 42.2 Å². The van der Waals surface area contributed by atoms with E-state index in [2.05, 4.69) is 15.3 Å². The molecule has 0 radical (unpaired) electrons. The van der Waals surface area contributed by atoms with Crippen molar-refractivity contribution in [1.82, 2.24) is 20.0 Å². The van der Waals surface area contributed by atoms with Gasteiger partial charge in [-0.2, -0.15) is 30.7 Å². The summed E-state index contributed by atoms with van der Waals surface area (Å²) < 4.78 is 122. The normalized spacial score (nSPS) is 18.4. The zero-order chi connectivity index (χ0) is 35.5. The Bertz CT molecular complexity index is 1860. The summed E-state index contributed by atoms with van der Waals surface area (Å²) in [4.78, 5) is 34.3. The summed E-state index contributed by atoms with van der Waals surface area (Å²) in [7, 11) is 1.41. The molecule has 260 valence electrons. The van der Waals surface area contributed by atoms with Crippen LogP contribution in [0.25, 0.3) is 11.3 Å². The van der Waals surface area contributed by atoms with Crippen molar-refractivity contribution in [2.24, 2.45) is 0 Å². The maximum absolute atomic E-state index is 15.2. The van der Waals surface area contributed by atoms with Crippen molar-refractivity contribution in [2.45, 2.75) is 49.8 Å². The number of hydrogen-bond acceptors (Lipinski definition) is 8. The number of benzene rings is 2. The number of aliphatic hydroxyl groups excluding tert-OH is 1. The van der Waals surface area contributed by atoms with Crippen molar-refractivity contribution < 1.29 is 59.3 Å². The molecule has 1 aromatic heterocycles. The third-order valence-electron chi connectivity index (χ3n) is 8.69. The lowest BCUT2D eigenvalue weighted by atomic mass is 9.72. The van der Waals surface area contributed by atoms with Gasteiger partial charge in [-0.3, -0.25) is 14.6 Å². The monoisotopic (exact) mass is 699 g/mol. The number of hydrazine groups is 1. The van der Waals surface area contributed by atoms with Crippen LogP contribution in [0.5, 0.6) is 5.75 Å². The first-order valence-electron chi connectivity index (χ1n) is 14.6. The van der Waals surface area contributed by atoms with Crippen LogP contribution in [0.15, 0.2) is 54.1 Å². The van der Waals surface area contributed by atoms with Gasteiger partial charge in [0, 0.05) is 18.2 Å². The number of halogens is 8. The Labute approximate surface area is 271 Å². The van der Waals surface area contributed by atoms with E-state index in [4.69, 9.17) is 9.47 Å². The molecular formula is C31H25F8N5O5. The van der Waals surface area contributed by atoms with Crippen LogP contribution in [0.4, 0.5) is 40.8 Å². The van der Waals surface area contributed by atoms with Gasteiger partial charge in [0.25, 0.3) is 11.8 Å². The zero-order valence-corrected chi connectivity index (χ0v) is 25.3. The summed E-state index contributed by atoms with van der Waals surface area (Å²) in [5.74, 6) is -6.19. The predicted molar refractivity (Wildman–Crippen MR) is 152 cm³/mol. The minimum atomic E-state index is -4.98. The first-order chi connectivity index (χ1) is 23.0. The molecule has 3 aromatic rings. The van der Waals surface area contributed by atoms with E-state index < -0.39 is 93.5 Å². The van der Waals surface area contributed by atoms with E-state index in [1.807, 2.05) is 0 Å². The largest absolute Gasteiger partial charge is 0.509 e. The van der Waals surface area contributed by atoms with Gasteiger partial charge in [-0.15, -0.1) is 0 Å². The van der Waals surface area contributed by atoms with Crippen LogP contribution in [0.3, 0.4) is 0 Å². The number of anilines is 1. The minimum absolute atomic E-state index is 0.195. The van der Waals surface area contributed by atoms with Gasteiger partial charge in [0.2, 0.25) is 5.82 Å². The second-order valence-corrected chi connectivity index (χ2v) is 11.6. The summed E-state index contributed by atoms with van der Waals surface area (Å²) >= 11 is 0. The van der Waals surface area contributed by atoms with E-state index >= 15 is 4.39 Å². The SMILES string of the molecule is CN1N(Cc2ccc(OC3COC3)c(F)c2F)C(=O)C(C(=O)Nc2ccc(C(F)(F)F)cc2-c2cc(C(F)(F)F)ncn2)=C(O)C12CCC2. The average molecular weight is 700 g/mol. The molecule has 10 nitrogen and oxygen atoms in total. The lowest BCUT2D eigenvalue weighted by Crippen LogP contribution is -2.65. The molecule has 3 heterocycles. The molecule has 1 aliphatic carbocycles. The molecule has 0 atom stereocenters. The Kier molecular flexibility index (Phi) is 8.50. The van der Waals surface area contributed by atoms with Crippen molar-refractivity contribution in [2.75, 3.05) is 25.6 Å². The molecule has 2 aliphatic heterocycles. The van der Waals surface area contributed by atoms with Gasteiger partial charge in [-0.05, 0) is 49.6 Å². The molecule has 49 heavy (non-hydrogen) atoms. The fourth-order valence-electron chi connectivity index (χ4n) is 5.73. The Morgan fingerprint density at radius 3 is 2.35 bits per heavy atom. The molecule has 3 aliphatic rings. The summed E-state index contributed by atoms with van der Waals surface area (Å²) in [5.41, 5.74) is -6.94. The first-order valence-corrected chi connectivity index (χ1v) is 14.6. The number of rotatable bonds is 7. The van der Waals surface area contributed by atoms with Crippen molar-refractivity contribution in [3.63, 3.8) is 0 Å². The molecule has 6 rings (SSSR count). The van der Waals surface area contributed by atoms with E-state index in [1.165, 1.54) is 24.2 Å². The molecule has 0 bridgehead atoms. The third kappa shape index (κ3) is 6.14. The predicted octanol–water partition coefficient (Wildman–Crippen LogP) is 5.80. The summed E-state index contributed by atoms with van der Waals surface area (Å²) in [6.07, 6.45) is -8.90. The smallest absolute Gasteiger partial charge is 0.433 e. The lowest BCUT2D eigenvalue weighted by molar-refractivity contribution is -0.172. The minimum Gasteiger partial charge on any atom is -0.509 e. The summed E-state index contributed by atoms with van der Waals surface area (Å²) in [6, 6.07) is 4.52.